The zero-order valence-electron chi connectivity index (χ0n) is 17.6. The monoisotopic (exact) mass is 491 g/mol. The maximum atomic E-state index is 13.1. The number of hydrogen-bond donors (Lipinski definition) is 2. The Hall–Kier alpha value is -2.09. The van der Waals surface area contributed by atoms with Crippen LogP contribution in [0.2, 0.25) is 10.0 Å². The molecule has 2 atom stereocenters. The molecule has 1 aromatic heterocycles. The lowest BCUT2D eigenvalue weighted by molar-refractivity contribution is -0.120. The van der Waals surface area contributed by atoms with Crippen LogP contribution in [0.25, 0.3) is 0 Å². The number of thiophene rings is 1. The summed E-state index contributed by atoms with van der Waals surface area (Å²) < 4.78 is 0. The van der Waals surface area contributed by atoms with E-state index in [1.807, 2.05) is 19.1 Å². The Kier molecular flexibility index (Phi) is 5.68. The molecule has 6 nitrogen and oxygen atoms in total. The molecule has 0 bridgehead atoms. The number of oxime groups is 1. The smallest absolute Gasteiger partial charge is 0.262 e. The van der Waals surface area contributed by atoms with Crippen LogP contribution in [-0.4, -0.2) is 30.1 Å². The molecule has 5 rings (SSSR count). The number of benzene rings is 1. The highest BCUT2D eigenvalue weighted by Crippen LogP contribution is 2.42. The van der Waals surface area contributed by atoms with Gasteiger partial charge in [0, 0.05) is 28.6 Å². The van der Waals surface area contributed by atoms with Gasteiger partial charge < -0.3 is 15.5 Å². The van der Waals surface area contributed by atoms with E-state index >= 15 is 0 Å². The molecule has 32 heavy (non-hydrogen) atoms. The highest BCUT2D eigenvalue weighted by Gasteiger charge is 2.40. The maximum absolute atomic E-state index is 13.1. The number of fused-ring (bicyclic) bond motifs is 1. The summed E-state index contributed by atoms with van der Waals surface area (Å²) in [5.41, 5.74) is 3.31. The average Bonchev–Trinajstić information content (AvgIpc) is 3.45. The van der Waals surface area contributed by atoms with Crippen LogP contribution in [0.4, 0.5) is 0 Å². The standard InChI is InChI=1S/C23H23Cl2N3O3S/c1-23(12-8-13(24)10-14(25)9-12)11-18(28-31-23)19-15-4-2-3-5-16(15)20(32-19)22(30)27-17-6-7-26-21(17)29/h8-10,17H,2-7,11H2,1H3,(H,26,29)(H,27,30)/t17-,23-/m1/s1. The minimum absolute atomic E-state index is 0.117. The molecule has 1 fully saturated rings. The van der Waals surface area contributed by atoms with Crippen molar-refractivity contribution in [3.63, 3.8) is 0 Å². The third-order valence-corrected chi connectivity index (χ3v) is 8.14. The van der Waals surface area contributed by atoms with Crippen molar-refractivity contribution in [1.82, 2.24) is 10.6 Å². The van der Waals surface area contributed by atoms with Crippen molar-refractivity contribution in [2.45, 2.75) is 57.1 Å². The lowest BCUT2D eigenvalue weighted by atomic mass is 9.87. The Morgan fingerprint density at radius 1 is 1.22 bits per heavy atom. The van der Waals surface area contributed by atoms with Crippen LogP contribution in [0.5, 0.6) is 0 Å². The number of amides is 2. The van der Waals surface area contributed by atoms with Gasteiger partial charge in [-0.1, -0.05) is 28.4 Å². The second-order valence-electron chi connectivity index (χ2n) is 8.73. The molecule has 1 aromatic carbocycles. The van der Waals surface area contributed by atoms with Crippen LogP contribution in [0.15, 0.2) is 23.4 Å². The van der Waals surface area contributed by atoms with Crippen molar-refractivity contribution in [2.75, 3.05) is 6.54 Å². The molecular weight excluding hydrogens is 469 g/mol. The first-order valence-corrected chi connectivity index (χ1v) is 12.4. The number of carbonyl (C=O) groups excluding carboxylic acids is 2. The Balaban J connectivity index is 1.44. The summed E-state index contributed by atoms with van der Waals surface area (Å²) in [7, 11) is 0. The van der Waals surface area contributed by atoms with Crippen LogP contribution in [0.1, 0.15) is 63.8 Å². The van der Waals surface area contributed by atoms with E-state index in [2.05, 4.69) is 15.8 Å². The van der Waals surface area contributed by atoms with Crippen molar-refractivity contribution in [3.8, 4) is 0 Å². The molecule has 0 spiro atoms. The number of nitrogens with zero attached hydrogens (tertiary/aromatic N) is 1. The summed E-state index contributed by atoms with van der Waals surface area (Å²) >= 11 is 13.9. The number of hydrogen-bond acceptors (Lipinski definition) is 5. The molecule has 2 amide bonds. The summed E-state index contributed by atoms with van der Waals surface area (Å²) in [5.74, 6) is -0.293. The Morgan fingerprint density at radius 3 is 2.62 bits per heavy atom. The van der Waals surface area contributed by atoms with Crippen LogP contribution in [0, 0.1) is 0 Å². The van der Waals surface area contributed by atoms with E-state index in [4.69, 9.17) is 28.0 Å². The van der Waals surface area contributed by atoms with Crippen molar-refractivity contribution < 1.29 is 14.4 Å². The third-order valence-electron chi connectivity index (χ3n) is 6.38. The van der Waals surface area contributed by atoms with Gasteiger partial charge in [0.05, 0.1) is 9.75 Å². The fourth-order valence-corrected chi connectivity index (χ4v) is 6.49. The molecule has 1 saturated heterocycles. The van der Waals surface area contributed by atoms with E-state index in [0.717, 1.165) is 47.4 Å². The van der Waals surface area contributed by atoms with Gasteiger partial charge in [0.1, 0.15) is 11.8 Å². The molecule has 3 heterocycles. The van der Waals surface area contributed by atoms with Crippen LogP contribution >= 0.6 is 34.5 Å². The van der Waals surface area contributed by atoms with Crippen molar-refractivity contribution >= 4 is 52.1 Å². The van der Waals surface area contributed by atoms with Gasteiger partial charge in [0.15, 0.2) is 5.60 Å². The second kappa shape index (κ2) is 8.36. The topological polar surface area (TPSA) is 79.8 Å². The zero-order chi connectivity index (χ0) is 22.5. The Bertz CT molecular complexity index is 1130. The van der Waals surface area contributed by atoms with Crippen LogP contribution in [0.3, 0.4) is 0 Å². The second-order valence-corrected chi connectivity index (χ2v) is 10.6. The average molecular weight is 492 g/mol. The number of rotatable bonds is 4. The molecule has 3 aliphatic rings. The van der Waals surface area contributed by atoms with E-state index in [9.17, 15) is 9.59 Å². The molecule has 0 unspecified atom stereocenters. The normalized spacial score (nSPS) is 24.5. The largest absolute Gasteiger partial charge is 0.384 e. The highest BCUT2D eigenvalue weighted by atomic mass is 35.5. The highest BCUT2D eigenvalue weighted by molar-refractivity contribution is 7.16. The van der Waals surface area contributed by atoms with Crippen LogP contribution < -0.4 is 10.6 Å². The fraction of sp³-hybridized carbons (Fsp3) is 0.435. The summed E-state index contributed by atoms with van der Waals surface area (Å²) in [6.07, 6.45) is 5.08. The van der Waals surface area contributed by atoms with Gasteiger partial charge in [-0.2, -0.15) is 0 Å². The summed E-state index contributed by atoms with van der Waals surface area (Å²) in [5, 5.41) is 11.2. The predicted octanol–water partition coefficient (Wildman–Crippen LogP) is 4.59. The molecule has 9 heteroatoms. The first kappa shape index (κ1) is 21.7. The van der Waals surface area contributed by atoms with Gasteiger partial charge in [-0.15, -0.1) is 11.3 Å². The van der Waals surface area contributed by atoms with Crippen molar-refractivity contribution in [2.24, 2.45) is 5.16 Å². The van der Waals surface area contributed by atoms with Gasteiger partial charge in [-0.25, -0.2) is 0 Å². The summed E-state index contributed by atoms with van der Waals surface area (Å²) in [6.45, 7) is 2.57. The lowest BCUT2D eigenvalue weighted by Crippen LogP contribution is -2.40. The van der Waals surface area contributed by atoms with E-state index in [1.165, 1.54) is 16.9 Å². The van der Waals surface area contributed by atoms with Gasteiger partial charge in [0.25, 0.3) is 5.91 Å². The van der Waals surface area contributed by atoms with Gasteiger partial charge in [0.2, 0.25) is 5.91 Å². The van der Waals surface area contributed by atoms with E-state index in [-0.39, 0.29) is 11.8 Å². The molecule has 0 radical (unpaired) electrons. The van der Waals surface area contributed by atoms with Gasteiger partial charge in [-0.05, 0) is 68.4 Å². The lowest BCUT2D eigenvalue weighted by Gasteiger charge is -2.22. The Morgan fingerprint density at radius 2 is 1.94 bits per heavy atom. The van der Waals surface area contributed by atoms with Gasteiger partial charge in [-0.3, -0.25) is 9.59 Å². The molecule has 2 aliphatic heterocycles. The van der Waals surface area contributed by atoms with Crippen LogP contribution in [-0.2, 0) is 28.1 Å². The third kappa shape index (κ3) is 3.91. The number of nitrogens with one attached hydrogen (secondary N) is 2. The summed E-state index contributed by atoms with van der Waals surface area (Å²) in [6, 6.07) is 4.93. The van der Waals surface area contributed by atoms with Crippen molar-refractivity contribution in [1.29, 1.82) is 0 Å². The minimum atomic E-state index is -0.681. The van der Waals surface area contributed by atoms with E-state index < -0.39 is 11.6 Å². The number of carbonyl (C=O) groups is 2. The Labute approximate surface area is 200 Å². The maximum Gasteiger partial charge on any atom is 0.262 e. The molecular formula is C23H23Cl2N3O3S. The van der Waals surface area contributed by atoms with Crippen molar-refractivity contribution in [3.05, 3.63) is 54.7 Å². The molecule has 1 aliphatic carbocycles. The molecule has 2 aromatic rings. The quantitative estimate of drug-likeness (QED) is 0.655. The number of halogens is 2. The predicted molar refractivity (Wildman–Crippen MR) is 126 cm³/mol. The SMILES string of the molecule is C[C@]1(c2cc(Cl)cc(Cl)c2)CC(c2sc(C(=O)N[C@@H]3CCNC3=O)c3c2CCCC3)=NO1. The van der Waals surface area contributed by atoms with E-state index in [1.54, 1.807) is 6.07 Å². The first-order chi connectivity index (χ1) is 15.3. The summed E-state index contributed by atoms with van der Waals surface area (Å²) in [4.78, 5) is 32.6. The fourth-order valence-electron chi connectivity index (χ4n) is 4.68. The molecule has 168 valence electrons. The molecule has 2 N–H and O–H groups in total. The van der Waals surface area contributed by atoms with Gasteiger partial charge >= 0.3 is 0 Å². The van der Waals surface area contributed by atoms with E-state index in [0.29, 0.717) is 34.3 Å². The first-order valence-electron chi connectivity index (χ1n) is 10.8. The molecule has 0 saturated carbocycles. The minimum Gasteiger partial charge on any atom is -0.384 e. The zero-order valence-corrected chi connectivity index (χ0v) is 19.9.